The number of anilines is 1. The second-order valence-electron chi connectivity index (χ2n) is 2.73. The van der Waals surface area contributed by atoms with Crippen LogP contribution >= 0.6 is 11.6 Å². The molecule has 1 N–H and O–H groups in total. The van der Waals surface area contributed by atoms with Crippen LogP contribution in [-0.2, 0) is 10.0 Å². The van der Waals surface area contributed by atoms with E-state index in [9.17, 15) is 8.42 Å². The van der Waals surface area contributed by atoms with Gasteiger partial charge < -0.3 is 4.52 Å². The maximum atomic E-state index is 11.3. The molecule has 1 aromatic rings. The van der Waals surface area contributed by atoms with Crippen molar-refractivity contribution in [1.29, 1.82) is 0 Å². The average Bonchev–Trinajstić information content (AvgIpc) is 2.56. The fourth-order valence-corrected chi connectivity index (χ4v) is 2.21. The van der Waals surface area contributed by atoms with E-state index in [1.165, 1.54) is 12.5 Å². The molecule has 0 bridgehead atoms. The third-order valence-electron chi connectivity index (χ3n) is 1.50. The first-order valence-electron chi connectivity index (χ1n) is 4.10. The molecule has 5 nitrogen and oxygen atoms in total. The van der Waals surface area contributed by atoms with Crippen LogP contribution in [0.1, 0.15) is 12.8 Å². The highest BCUT2D eigenvalue weighted by Gasteiger charge is 2.10. The monoisotopic (exact) mass is 238 g/mol. The van der Waals surface area contributed by atoms with Crippen molar-refractivity contribution < 1.29 is 12.9 Å². The number of unbranched alkanes of at least 4 members (excludes halogenated alkanes) is 1. The van der Waals surface area contributed by atoms with Crippen molar-refractivity contribution in [3.63, 3.8) is 0 Å². The van der Waals surface area contributed by atoms with Gasteiger partial charge >= 0.3 is 0 Å². The van der Waals surface area contributed by atoms with E-state index in [1.807, 2.05) is 0 Å². The van der Waals surface area contributed by atoms with Gasteiger partial charge in [-0.05, 0) is 12.8 Å². The lowest BCUT2D eigenvalue weighted by Crippen LogP contribution is -2.16. The number of nitrogens with one attached hydrogen (secondary N) is 1. The van der Waals surface area contributed by atoms with Crippen molar-refractivity contribution in [2.24, 2.45) is 0 Å². The molecule has 0 atom stereocenters. The largest absolute Gasteiger partial charge is 0.362 e. The van der Waals surface area contributed by atoms with E-state index in [1.54, 1.807) is 0 Å². The number of hydrogen-bond acceptors (Lipinski definition) is 4. The normalized spacial score (nSPS) is 11.5. The molecule has 0 fully saturated rings. The Morgan fingerprint density at radius 1 is 1.50 bits per heavy atom. The number of rotatable bonds is 6. The molecular weight excluding hydrogens is 228 g/mol. The van der Waals surface area contributed by atoms with Crippen LogP contribution in [0.4, 0.5) is 5.69 Å². The molecule has 0 saturated heterocycles. The molecular formula is C7H11ClN2O3S. The summed E-state index contributed by atoms with van der Waals surface area (Å²) in [5, 5.41) is 3.38. The Morgan fingerprint density at radius 2 is 2.29 bits per heavy atom. The molecule has 0 aromatic carbocycles. The maximum Gasteiger partial charge on any atom is 0.232 e. The highest BCUT2D eigenvalue weighted by atomic mass is 35.5. The molecule has 0 aliphatic carbocycles. The summed E-state index contributed by atoms with van der Waals surface area (Å²) in [6.07, 6.45) is 3.77. The maximum absolute atomic E-state index is 11.3. The van der Waals surface area contributed by atoms with Gasteiger partial charge in [-0.15, -0.1) is 11.6 Å². The summed E-state index contributed by atoms with van der Waals surface area (Å²) < 4.78 is 29.5. The standard InChI is InChI=1S/C7H11ClN2O3S/c8-3-1-2-4-14(11,12)10-7-5-9-13-6-7/h5-6,10H,1-4H2. The highest BCUT2D eigenvalue weighted by molar-refractivity contribution is 7.92. The molecule has 1 aromatic heterocycles. The van der Waals surface area contributed by atoms with E-state index in [0.717, 1.165) is 0 Å². The summed E-state index contributed by atoms with van der Waals surface area (Å²) in [4.78, 5) is 0. The lowest BCUT2D eigenvalue weighted by Gasteiger charge is -2.03. The summed E-state index contributed by atoms with van der Waals surface area (Å²) in [6, 6.07) is 0. The van der Waals surface area contributed by atoms with E-state index in [2.05, 4.69) is 14.4 Å². The number of hydrogen-bond donors (Lipinski definition) is 1. The molecule has 1 rings (SSSR count). The Balaban J connectivity index is 2.42. The van der Waals surface area contributed by atoms with Crippen molar-refractivity contribution in [2.45, 2.75) is 12.8 Å². The second kappa shape index (κ2) is 5.21. The van der Waals surface area contributed by atoms with Gasteiger partial charge in [-0.3, -0.25) is 4.72 Å². The molecule has 14 heavy (non-hydrogen) atoms. The molecule has 0 aliphatic rings. The lowest BCUT2D eigenvalue weighted by atomic mass is 10.4. The molecule has 80 valence electrons. The van der Waals surface area contributed by atoms with E-state index >= 15 is 0 Å². The first-order chi connectivity index (χ1) is 6.64. The zero-order chi connectivity index (χ0) is 10.4. The fraction of sp³-hybridized carbons (Fsp3) is 0.571. The van der Waals surface area contributed by atoms with Crippen LogP contribution in [0.3, 0.4) is 0 Å². The minimum atomic E-state index is -3.29. The van der Waals surface area contributed by atoms with Gasteiger partial charge in [-0.1, -0.05) is 5.16 Å². The van der Waals surface area contributed by atoms with Crippen molar-refractivity contribution in [1.82, 2.24) is 5.16 Å². The van der Waals surface area contributed by atoms with Crippen LogP contribution in [0.5, 0.6) is 0 Å². The van der Waals surface area contributed by atoms with Crippen LogP contribution < -0.4 is 4.72 Å². The topological polar surface area (TPSA) is 72.2 Å². The molecule has 0 amide bonds. The number of aromatic nitrogens is 1. The van der Waals surface area contributed by atoms with Gasteiger partial charge in [0.05, 0.1) is 11.9 Å². The van der Waals surface area contributed by atoms with Crippen LogP contribution in [0.15, 0.2) is 17.0 Å². The van der Waals surface area contributed by atoms with Crippen molar-refractivity contribution in [3.8, 4) is 0 Å². The Bertz CT molecular complexity index is 349. The zero-order valence-electron chi connectivity index (χ0n) is 7.44. The molecule has 7 heteroatoms. The number of sulfonamides is 1. The van der Waals surface area contributed by atoms with Crippen LogP contribution in [-0.4, -0.2) is 25.2 Å². The van der Waals surface area contributed by atoms with E-state index < -0.39 is 10.0 Å². The van der Waals surface area contributed by atoms with Gasteiger partial charge in [0.2, 0.25) is 10.0 Å². The van der Waals surface area contributed by atoms with Gasteiger partial charge in [0.25, 0.3) is 0 Å². The van der Waals surface area contributed by atoms with Gasteiger partial charge in [-0.25, -0.2) is 8.42 Å². The zero-order valence-corrected chi connectivity index (χ0v) is 9.01. The number of nitrogens with zero attached hydrogens (tertiary/aromatic N) is 1. The molecule has 0 aliphatic heterocycles. The first-order valence-corrected chi connectivity index (χ1v) is 6.28. The van der Waals surface area contributed by atoms with Gasteiger partial charge in [0.1, 0.15) is 12.0 Å². The smallest absolute Gasteiger partial charge is 0.232 e. The van der Waals surface area contributed by atoms with Gasteiger partial charge in [0.15, 0.2) is 0 Å². The second-order valence-corrected chi connectivity index (χ2v) is 4.95. The first kappa shape index (κ1) is 11.3. The molecule has 0 spiro atoms. The Kier molecular flexibility index (Phi) is 4.21. The molecule has 0 unspecified atom stereocenters. The summed E-state index contributed by atoms with van der Waals surface area (Å²) in [5.41, 5.74) is 0.343. The quantitative estimate of drug-likeness (QED) is 0.601. The van der Waals surface area contributed by atoms with Crippen molar-refractivity contribution in [3.05, 3.63) is 12.5 Å². The van der Waals surface area contributed by atoms with Gasteiger partial charge in [-0.2, -0.15) is 0 Å². The average molecular weight is 239 g/mol. The van der Waals surface area contributed by atoms with Crippen molar-refractivity contribution >= 4 is 27.3 Å². The molecule has 0 radical (unpaired) electrons. The van der Waals surface area contributed by atoms with Crippen LogP contribution in [0.2, 0.25) is 0 Å². The molecule has 0 saturated carbocycles. The minimum Gasteiger partial charge on any atom is -0.362 e. The van der Waals surface area contributed by atoms with E-state index in [0.29, 0.717) is 24.4 Å². The summed E-state index contributed by atoms with van der Waals surface area (Å²) in [7, 11) is -3.29. The van der Waals surface area contributed by atoms with Crippen LogP contribution in [0.25, 0.3) is 0 Å². The Hall–Kier alpha value is -0.750. The number of alkyl halides is 1. The third-order valence-corrected chi connectivity index (χ3v) is 3.14. The van der Waals surface area contributed by atoms with E-state index in [-0.39, 0.29) is 5.75 Å². The summed E-state index contributed by atoms with van der Waals surface area (Å²) in [5.74, 6) is 0.535. The Labute approximate surface area is 87.5 Å². The third kappa shape index (κ3) is 3.97. The highest BCUT2D eigenvalue weighted by Crippen LogP contribution is 2.08. The van der Waals surface area contributed by atoms with Gasteiger partial charge in [0, 0.05) is 5.88 Å². The summed E-state index contributed by atoms with van der Waals surface area (Å²) >= 11 is 5.43. The van der Waals surface area contributed by atoms with Crippen molar-refractivity contribution in [2.75, 3.05) is 16.4 Å². The predicted molar refractivity (Wildman–Crippen MR) is 53.9 cm³/mol. The summed E-state index contributed by atoms with van der Waals surface area (Å²) in [6.45, 7) is 0. The number of halogens is 1. The fourth-order valence-electron chi connectivity index (χ4n) is 0.872. The Morgan fingerprint density at radius 3 is 2.86 bits per heavy atom. The minimum absolute atomic E-state index is 0.0604. The van der Waals surface area contributed by atoms with E-state index in [4.69, 9.17) is 11.6 Å². The van der Waals surface area contributed by atoms with Crippen LogP contribution in [0, 0.1) is 0 Å². The lowest BCUT2D eigenvalue weighted by molar-refractivity contribution is 0.420. The predicted octanol–water partition coefficient (Wildman–Crippen LogP) is 1.44. The molecule has 1 heterocycles. The SMILES string of the molecule is O=S(=O)(CCCCCl)Nc1cnoc1.